The van der Waals surface area contributed by atoms with Crippen LogP contribution in [-0.4, -0.2) is 25.6 Å². The number of hydrogen-bond acceptors (Lipinski definition) is 3. The first-order valence-corrected chi connectivity index (χ1v) is 8.03. The second kappa shape index (κ2) is 8.44. The number of halogens is 1. The third kappa shape index (κ3) is 5.18. The van der Waals surface area contributed by atoms with Gasteiger partial charge in [-0.15, -0.1) is 0 Å². The molecule has 0 aliphatic carbocycles. The van der Waals surface area contributed by atoms with Gasteiger partial charge in [-0.25, -0.2) is 0 Å². The van der Waals surface area contributed by atoms with Gasteiger partial charge in [-0.05, 0) is 62.4 Å². The monoisotopic (exact) mass is 332 g/mol. The molecule has 122 valence electrons. The molecule has 0 saturated carbocycles. The zero-order chi connectivity index (χ0) is 16.7. The van der Waals surface area contributed by atoms with Crippen LogP contribution in [0.4, 0.5) is 11.4 Å². The van der Waals surface area contributed by atoms with Crippen LogP contribution in [0.5, 0.6) is 5.75 Å². The number of amides is 1. The fraction of sp³-hybridized carbons (Fsp3) is 0.278. The van der Waals surface area contributed by atoms with Crippen LogP contribution >= 0.6 is 11.6 Å². The standard InChI is InChI=1S/C18H21ClN2O2/c1-3-21(4-2)16-9-7-15(8-10-16)20-18(22)13-23-17-11-5-14(19)6-12-17/h5-12H,3-4,13H2,1-2H3,(H,20,22). The van der Waals surface area contributed by atoms with Gasteiger partial charge in [-0.3, -0.25) is 4.79 Å². The molecule has 2 aromatic carbocycles. The summed E-state index contributed by atoms with van der Waals surface area (Å²) in [6, 6.07) is 14.7. The highest BCUT2D eigenvalue weighted by molar-refractivity contribution is 6.30. The van der Waals surface area contributed by atoms with Gasteiger partial charge < -0.3 is 15.0 Å². The summed E-state index contributed by atoms with van der Waals surface area (Å²) >= 11 is 5.80. The number of carbonyl (C=O) groups excluding carboxylic acids is 1. The second-order valence-electron chi connectivity index (χ2n) is 5.01. The Morgan fingerprint density at radius 1 is 1.04 bits per heavy atom. The van der Waals surface area contributed by atoms with E-state index in [1.807, 2.05) is 24.3 Å². The topological polar surface area (TPSA) is 41.6 Å². The fourth-order valence-corrected chi connectivity index (χ4v) is 2.35. The van der Waals surface area contributed by atoms with E-state index >= 15 is 0 Å². The summed E-state index contributed by atoms with van der Waals surface area (Å²) in [5.74, 6) is 0.414. The van der Waals surface area contributed by atoms with Gasteiger partial charge in [-0.1, -0.05) is 11.6 Å². The summed E-state index contributed by atoms with van der Waals surface area (Å²) in [4.78, 5) is 14.2. The molecule has 2 rings (SSSR count). The van der Waals surface area contributed by atoms with Gasteiger partial charge in [0, 0.05) is 29.5 Å². The van der Waals surface area contributed by atoms with Crippen LogP contribution in [0.3, 0.4) is 0 Å². The summed E-state index contributed by atoms with van der Waals surface area (Å²) in [6.07, 6.45) is 0. The minimum absolute atomic E-state index is 0.0422. The molecule has 0 bridgehead atoms. The number of anilines is 2. The number of carbonyl (C=O) groups is 1. The van der Waals surface area contributed by atoms with Gasteiger partial charge in [0.05, 0.1) is 0 Å². The number of rotatable bonds is 7. The first-order valence-electron chi connectivity index (χ1n) is 7.65. The quantitative estimate of drug-likeness (QED) is 0.826. The molecule has 23 heavy (non-hydrogen) atoms. The predicted octanol–water partition coefficient (Wildman–Crippen LogP) is 4.20. The van der Waals surface area contributed by atoms with Gasteiger partial charge in [0.25, 0.3) is 5.91 Å². The van der Waals surface area contributed by atoms with Crippen molar-refractivity contribution in [3.63, 3.8) is 0 Å². The lowest BCUT2D eigenvalue weighted by Crippen LogP contribution is -2.22. The van der Waals surface area contributed by atoms with Crippen molar-refractivity contribution in [2.75, 3.05) is 29.9 Å². The molecule has 0 radical (unpaired) electrons. The lowest BCUT2D eigenvalue weighted by molar-refractivity contribution is -0.118. The molecule has 0 unspecified atom stereocenters. The fourth-order valence-electron chi connectivity index (χ4n) is 2.22. The Balaban J connectivity index is 1.86. The number of nitrogens with one attached hydrogen (secondary N) is 1. The maximum absolute atomic E-state index is 11.9. The smallest absolute Gasteiger partial charge is 0.262 e. The van der Waals surface area contributed by atoms with Crippen LogP contribution in [0.2, 0.25) is 5.02 Å². The van der Waals surface area contributed by atoms with Gasteiger partial charge in [0.15, 0.2) is 6.61 Å². The average Bonchev–Trinajstić information content (AvgIpc) is 2.57. The number of benzene rings is 2. The lowest BCUT2D eigenvalue weighted by atomic mass is 10.2. The molecule has 4 nitrogen and oxygen atoms in total. The molecule has 0 spiro atoms. The summed E-state index contributed by atoms with van der Waals surface area (Å²) in [7, 11) is 0. The molecule has 1 N–H and O–H groups in total. The third-order valence-corrected chi connectivity index (χ3v) is 3.72. The lowest BCUT2D eigenvalue weighted by Gasteiger charge is -2.21. The van der Waals surface area contributed by atoms with Gasteiger partial charge in [-0.2, -0.15) is 0 Å². The minimum atomic E-state index is -0.199. The molecule has 0 fully saturated rings. The molecule has 5 heteroatoms. The largest absolute Gasteiger partial charge is 0.484 e. The van der Waals surface area contributed by atoms with Crippen LogP contribution in [-0.2, 0) is 4.79 Å². The van der Waals surface area contributed by atoms with Crippen molar-refractivity contribution in [1.82, 2.24) is 0 Å². The third-order valence-electron chi connectivity index (χ3n) is 3.46. The van der Waals surface area contributed by atoms with E-state index in [4.69, 9.17) is 16.3 Å². The summed E-state index contributed by atoms with van der Waals surface area (Å²) in [6.45, 7) is 6.11. The highest BCUT2D eigenvalue weighted by atomic mass is 35.5. The molecule has 1 amide bonds. The van der Waals surface area contributed by atoms with E-state index in [2.05, 4.69) is 24.1 Å². The SMILES string of the molecule is CCN(CC)c1ccc(NC(=O)COc2ccc(Cl)cc2)cc1. The Bertz CT molecular complexity index is 622. The molecule has 0 aliphatic rings. The zero-order valence-electron chi connectivity index (χ0n) is 13.4. The molecule has 2 aromatic rings. The average molecular weight is 333 g/mol. The Kier molecular flexibility index (Phi) is 6.29. The van der Waals surface area contributed by atoms with E-state index < -0.39 is 0 Å². The maximum atomic E-state index is 11.9. The van der Waals surface area contributed by atoms with Gasteiger partial charge in [0.1, 0.15) is 5.75 Å². The van der Waals surface area contributed by atoms with E-state index in [-0.39, 0.29) is 12.5 Å². The molecule has 0 saturated heterocycles. The molecular weight excluding hydrogens is 312 g/mol. The van der Waals surface area contributed by atoms with E-state index in [0.717, 1.165) is 24.5 Å². The highest BCUT2D eigenvalue weighted by Gasteiger charge is 2.05. The molecule has 0 aliphatic heterocycles. The van der Waals surface area contributed by atoms with E-state index in [0.29, 0.717) is 10.8 Å². The molecule has 0 aromatic heterocycles. The summed E-state index contributed by atoms with van der Waals surface area (Å²) in [5, 5.41) is 3.45. The van der Waals surface area contributed by atoms with Crippen molar-refractivity contribution >= 4 is 28.9 Å². The Morgan fingerprint density at radius 2 is 1.65 bits per heavy atom. The van der Waals surface area contributed by atoms with Crippen molar-refractivity contribution in [1.29, 1.82) is 0 Å². The van der Waals surface area contributed by atoms with Crippen molar-refractivity contribution in [3.05, 3.63) is 53.6 Å². The number of hydrogen-bond donors (Lipinski definition) is 1. The van der Waals surface area contributed by atoms with Crippen molar-refractivity contribution in [2.24, 2.45) is 0 Å². The number of ether oxygens (including phenoxy) is 1. The van der Waals surface area contributed by atoms with Gasteiger partial charge in [0.2, 0.25) is 0 Å². The van der Waals surface area contributed by atoms with E-state index in [9.17, 15) is 4.79 Å². The maximum Gasteiger partial charge on any atom is 0.262 e. The Labute approximate surface area is 142 Å². The Hall–Kier alpha value is -2.20. The van der Waals surface area contributed by atoms with Crippen molar-refractivity contribution < 1.29 is 9.53 Å². The van der Waals surface area contributed by atoms with Crippen molar-refractivity contribution in [3.8, 4) is 5.75 Å². The summed E-state index contributed by atoms with van der Waals surface area (Å²) in [5.41, 5.74) is 1.90. The van der Waals surface area contributed by atoms with E-state index in [1.54, 1.807) is 24.3 Å². The zero-order valence-corrected chi connectivity index (χ0v) is 14.1. The minimum Gasteiger partial charge on any atom is -0.484 e. The first kappa shape index (κ1) is 17.2. The van der Waals surface area contributed by atoms with Crippen LogP contribution in [0.15, 0.2) is 48.5 Å². The molecule has 0 heterocycles. The van der Waals surface area contributed by atoms with Gasteiger partial charge >= 0.3 is 0 Å². The number of nitrogens with zero attached hydrogens (tertiary/aromatic N) is 1. The highest BCUT2D eigenvalue weighted by Crippen LogP contribution is 2.18. The molecular formula is C18H21ClN2O2. The van der Waals surface area contributed by atoms with Crippen LogP contribution in [0.1, 0.15) is 13.8 Å². The normalized spacial score (nSPS) is 10.2. The van der Waals surface area contributed by atoms with Crippen LogP contribution < -0.4 is 15.0 Å². The summed E-state index contributed by atoms with van der Waals surface area (Å²) < 4.78 is 5.41. The van der Waals surface area contributed by atoms with Crippen LogP contribution in [0, 0.1) is 0 Å². The molecule has 0 atom stereocenters. The second-order valence-corrected chi connectivity index (χ2v) is 5.45. The van der Waals surface area contributed by atoms with Crippen molar-refractivity contribution in [2.45, 2.75) is 13.8 Å². The Morgan fingerprint density at radius 3 is 2.22 bits per heavy atom. The van der Waals surface area contributed by atoms with E-state index in [1.165, 1.54) is 0 Å². The predicted molar refractivity (Wildman–Crippen MR) is 95.6 cm³/mol. The van der Waals surface area contributed by atoms with Crippen LogP contribution in [0.25, 0.3) is 0 Å². The first-order chi connectivity index (χ1) is 11.1.